The number of aryl methyl sites for hydroxylation is 1. The monoisotopic (exact) mass is 319 g/mol. The van der Waals surface area contributed by atoms with Gasteiger partial charge in [-0.15, -0.1) is 0 Å². The summed E-state index contributed by atoms with van der Waals surface area (Å²) < 4.78 is 28.2. The molecule has 118 valence electrons. The van der Waals surface area contributed by atoms with Crippen LogP contribution in [0.15, 0.2) is 35.6 Å². The fourth-order valence-electron chi connectivity index (χ4n) is 2.14. The van der Waals surface area contributed by atoms with Gasteiger partial charge >= 0.3 is 0 Å². The number of hydrogen-bond acceptors (Lipinski definition) is 4. The molecule has 2 aromatic heterocycles. The molecule has 3 heterocycles. The molecular weight excluding hydrogens is 306 g/mol. The highest BCUT2D eigenvalue weighted by molar-refractivity contribution is 6.09. The lowest BCUT2D eigenvalue weighted by Crippen LogP contribution is -2.29. The maximum atomic E-state index is 12.9. The van der Waals surface area contributed by atoms with Crippen LogP contribution in [0.3, 0.4) is 0 Å². The smallest absolute Gasteiger partial charge is 0.288 e. The van der Waals surface area contributed by atoms with Crippen LogP contribution in [0.1, 0.15) is 22.8 Å². The fraction of sp³-hybridized carbons (Fsp3) is 0.214. The van der Waals surface area contributed by atoms with E-state index in [2.05, 4.69) is 27.2 Å². The molecule has 1 aliphatic heterocycles. The molecule has 0 saturated heterocycles. The molecule has 3 rings (SSSR count). The predicted octanol–water partition coefficient (Wildman–Crippen LogP) is 1.21. The molecule has 2 aromatic rings. The van der Waals surface area contributed by atoms with Gasteiger partial charge in [0, 0.05) is 17.5 Å². The van der Waals surface area contributed by atoms with E-state index in [1.807, 2.05) is 6.92 Å². The van der Waals surface area contributed by atoms with Gasteiger partial charge in [-0.2, -0.15) is 5.10 Å². The second kappa shape index (κ2) is 5.67. The minimum atomic E-state index is -2.82. The lowest BCUT2D eigenvalue weighted by atomic mass is 10.2. The van der Waals surface area contributed by atoms with Gasteiger partial charge in [-0.25, -0.2) is 18.3 Å². The summed E-state index contributed by atoms with van der Waals surface area (Å²) in [5.74, 6) is -0.591. The van der Waals surface area contributed by atoms with Gasteiger partial charge in [-0.1, -0.05) is 11.6 Å². The fourth-order valence-corrected chi connectivity index (χ4v) is 2.14. The normalized spacial score (nSPS) is 14.3. The molecule has 0 atom stereocenters. The van der Waals surface area contributed by atoms with Crippen LogP contribution in [0.5, 0.6) is 0 Å². The Kier molecular flexibility index (Phi) is 3.68. The maximum Gasteiger partial charge on any atom is 0.288 e. The van der Waals surface area contributed by atoms with Gasteiger partial charge in [0.1, 0.15) is 11.3 Å². The van der Waals surface area contributed by atoms with E-state index >= 15 is 0 Å². The number of allylic oxidation sites excluding steroid dienone is 1. The molecule has 1 amide bonds. The zero-order valence-corrected chi connectivity index (χ0v) is 12.2. The van der Waals surface area contributed by atoms with Gasteiger partial charge in [0.25, 0.3) is 12.3 Å². The molecule has 9 heteroatoms. The summed E-state index contributed by atoms with van der Waals surface area (Å²) >= 11 is 0. The summed E-state index contributed by atoms with van der Waals surface area (Å²) in [6.07, 6.45) is 3.93. The highest BCUT2D eigenvalue weighted by atomic mass is 19.3. The van der Waals surface area contributed by atoms with Gasteiger partial charge in [-0.3, -0.25) is 4.79 Å². The molecule has 0 spiro atoms. The average Bonchev–Trinajstić information content (AvgIpc) is 3.09. The first kappa shape index (κ1) is 14.9. The zero-order valence-electron chi connectivity index (χ0n) is 12.2. The third-order valence-corrected chi connectivity index (χ3v) is 3.31. The quantitative estimate of drug-likeness (QED) is 0.861. The van der Waals surface area contributed by atoms with E-state index in [0.717, 1.165) is 16.7 Å². The van der Waals surface area contributed by atoms with Crippen molar-refractivity contribution in [3.8, 4) is 0 Å². The molecule has 1 aliphatic rings. The Morgan fingerprint density at radius 1 is 1.48 bits per heavy atom. The first-order chi connectivity index (χ1) is 11.0. The number of amides is 1. The van der Waals surface area contributed by atoms with Crippen LogP contribution in [0.25, 0.3) is 5.65 Å². The molecule has 0 unspecified atom stereocenters. The SMILES string of the molecule is C=[N+]1C=C(NC(=O)c2cnn3cc(CC)cnc23)C(C(F)F)=N1. The molecular formula is C14H13F2N6O+. The number of nitrogens with one attached hydrogen (secondary N) is 1. The van der Waals surface area contributed by atoms with E-state index in [1.54, 1.807) is 12.4 Å². The van der Waals surface area contributed by atoms with E-state index in [9.17, 15) is 13.6 Å². The Morgan fingerprint density at radius 2 is 2.26 bits per heavy atom. The second-order valence-electron chi connectivity index (χ2n) is 4.86. The zero-order chi connectivity index (χ0) is 16.6. The second-order valence-corrected chi connectivity index (χ2v) is 4.86. The number of carbonyl (C=O) groups is 1. The van der Waals surface area contributed by atoms with Gasteiger partial charge in [0.15, 0.2) is 12.4 Å². The summed E-state index contributed by atoms with van der Waals surface area (Å²) in [6.45, 7) is 5.39. The van der Waals surface area contributed by atoms with Crippen molar-refractivity contribution in [3.63, 3.8) is 0 Å². The third kappa shape index (κ3) is 2.72. The lowest BCUT2D eigenvalue weighted by Gasteiger charge is -2.04. The number of nitrogens with zero attached hydrogens (tertiary/aromatic N) is 5. The highest BCUT2D eigenvalue weighted by Gasteiger charge is 2.31. The molecule has 1 N–H and O–H groups in total. The minimum absolute atomic E-state index is 0.0930. The number of carbonyl (C=O) groups excluding carboxylic acids is 1. The van der Waals surface area contributed by atoms with Gasteiger partial charge in [0.2, 0.25) is 11.9 Å². The molecule has 0 aliphatic carbocycles. The summed E-state index contributed by atoms with van der Waals surface area (Å²) in [5.41, 5.74) is 0.867. The Hall–Kier alpha value is -2.97. The molecule has 0 saturated carbocycles. The molecule has 0 bridgehead atoms. The first-order valence-corrected chi connectivity index (χ1v) is 6.81. The van der Waals surface area contributed by atoms with E-state index in [1.165, 1.54) is 16.9 Å². The van der Waals surface area contributed by atoms with Crippen LogP contribution in [-0.4, -0.2) is 44.0 Å². The van der Waals surface area contributed by atoms with E-state index in [4.69, 9.17) is 0 Å². The summed E-state index contributed by atoms with van der Waals surface area (Å²) in [6, 6.07) is 0. The Balaban J connectivity index is 1.89. The van der Waals surface area contributed by atoms with Gasteiger partial charge < -0.3 is 5.32 Å². The van der Waals surface area contributed by atoms with E-state index < -0.39 is 18.0 Å². The maximum absolute atomic E-state index is 12.9. The number of hydrazone groups is 1. The molecule has 0 aromatic carbocycles. The van der Waals surface area contributed by atoms with Crippen LogP contribution < -0.4 is 5.32 Å². The molecule has 23 heavy (non-hydrogen) atoms. The predicted molar refractivity (Wildman–Crippen MR) is 78.7 cm³/mol. The van der Waals surface area contributed by atoms with Crippen molar-refractivity contribution in [2.24, 2.45) is 5.10 Å². The van der Waals surface area contributed by atoms with Crippen LogP contribution in [0.2, 0.25) is 0 Å². The number of rotatable bonds is 4. The number of fused-ring (bicyclic) bond motifs is 1. The van der Waals surface area contributed by atoms with Crippen LogP contribution in [0.4, 0.5) is 8.78 Å². The minimum Gasteiger partial charge on any atom is -0.315 e. The Labute approximate surface area is 129 Å². The van der Waals surface area contributed by atoms with Crippen molar-refractivity contribution in [1.29, 1.82) is 0 Å². The van der Waals surface area contributed by atoms with Crippen molar-refractivity contribution in [1.82, 2.24) is 19.9 Å². The van der Waals surface area contributed by atoms with Gasteiger partial charge in [-0.05, 0) is 12.0 Å². The highest BCUT2D eigenvalue weighted by Crippen LogP contribution is 2.14. The largest absolute Gasteiger partial charge is 0.315 e. The lowest BCUT2D eigenvalue weighted by molar-refractivity contribution is -0.449. The number of hydrogen-bond donors (Lipinski definition) is 1. The van der Waals surface area contributed by atoms with Crippen molar-refractivity contribution < 1.29 is 18.3 Å². The molecule has 7 nitrogen and oxygen atoms in total. The topological polar surface area (TPSA) is 74.7 Å². The number of halogens is 2. The number of alkyl halides is 2. The van der Waals surface area contributed by atoms with Crippen molar-refractivity contribution in [3.05, 3.63) is 41.6 Å². The summed E-state index contributed by atoms with van der Waals surface area (Å²) in [7, 11) is 0. The van der Waals surface area contributed by atoms with Crippen LogP contribution in [0, 0.1) is 0 Å². The molecule has 0 fully saturated rings. The van der Waals surface area contributed by atoms with Crippen molar-refractivity contribution in [2.45, 2.75) is 19.8 Å². The standard InChI is InChI=1S/C14H12F2N6O/c1-3-8-4-17-13-9(5-18-22(13)6-8)14(23)19-10-7-21(2)20-11(10)12(15)16/h4-7,12H,2-3H2,1H3/p+1. The van der Waals surface area contributed by atoms with E-state index in [-0.39, 0.29) is 11.3 Å². The average molecular weight is 319 g/mol. The Bertz CT molecular complexity index is 867. The molecule has 0 radical (unpaired) electrons. The van der Waals surface area contributed by atoms with Crippen LogP contribution >= 0.6 is 0 Å². The van der Waals surface area contributed by atoms with Crippen molar-refractivity contribution >= 4 is 24.0 Å². The van der Waals surface area contributed by atoms with Gasteiger partial charge in [0.05, 0.1) is 6.20 Å². The Morgan fingerprint density at radius 3 is 2.96 bits per heavy atom. The van der Waals surface area contributed by atoms with Crippen LogP contribution in [-0.2, 0) is 6.42 Å². The van der Waals surface area contributed by atoms with Crippen molar-refractivity contribution in [2.75, 3.05) is 0 Å². The number of aromatic nitrogens is 3. The third-order valence-electron chi connectivity index (χ3n) is 3.31. The summed E-state index contributed by atoms with van der Waals surface area (Å²) in [4.78, 5) is 16.5. The summed E-state index contributed by atoms with van der Waals surface area (Å²) in [5, 5.41) is 10.00. The first-order valence-electron chi connectivity index (χ1n) is 6.81. The van der Waals surface area contributed by atoms with E-state index in [0.29, 0.717) is 5.65 Å².